The van der Waals surface area contributed by atoms with Crippen LogP contribution < -0.4 is 9.47 Å². The number of carbonyl (C=O) groups is 1. The molecule has 0 spiro atoms. The van der Waals surface area contributed by atoms with Crippen LogP contribution in [0.4, 0.5) is 0 Å². The zero-order valence-electron chi connectivity index (χ0n) is 18.6. The number of ether oxygens (including phenoxy) is 2. The highest BCUT2D eigenvalue weighted by Crippen LogP contribution is 2.32. The second kappa shape index (κ2) is 7.98. The van der Waals surface area contributed by atoms with E-state index in [2.05, 4.69) is 30.0 Å². The topological polar surface area (TPSA) is 61.5 Å². The number of benzene rings is 1. The van der Waals surface area contributed by atoms with Crippen molar-refractivity contribution in [2.75, 3.05) is 14.2 Å². The van der Waals surface area contributed by atoms with E-state index in [0.29, 0.717) is 24.6 Å². The van der Waals surface area contributed by atoms with Gasteiger partial charge in [-0.05, 0) is 56.7 Å². The molecule has 0 N–H and O–H groups in total. The monoisotopic (exact) mass is 420 g/mol. The van der Waals surface area contributed by atoms with E-state index in [4.69, 9.17) is 14.6 Å². The molecule has 3 aromatic rings. The summed E-state index contributed by atoms with van der Waals surface area (Å²) < 4.78 is 14.7. The lowest BCUT2D eigenvalue weighted by Gasteiger charge is -2.24. The zero-order chi connectivity index (χ0) is 22.2. The summed E-state index contributed by atoms with van der Waals surface area (Å²) in [7, 11) is 3.19. The summed E-state index contributed by atoms with van der Waals surface area (Å²) in [6.07, 6.45) is 7.42. The van der Waals surface area contributed by atoms with E-state index in [1.165, 1.54) is 0 Å². The van der Waals surface area contributed by atoms with Crippen molar-refractivity contribution in [2.24, 2.45) is 0 Å². The Kier molecular flexibility index (Phi) is 5.35. The van der Waals surface area contributed by atoms with Crippen LogP contribution in [0.5, 0.6) is 11.5 Å². The van der Waals surface area contributed by atoms with E-state index >= 15 is 0 Å². The maximum absolute atomic E-state index is 12.9. The average Bonchev–Trinajstić information content (AvgIpc) is 3.46. The number of carbonyl (C=O) groups excluding carboxylic acids is 1. The first kappa shape index (κ1) is 20.8. The maximum Gasteiger partial charge on any atom is 0.247 e. The van der Waals surface area contributed by atoms with E-state index in [0.717, 1.165) is 22.6 Å². The molecule has 3 heterocycles. The first-order valence-corrected chi connectivity index (χ1v) is 10.3. The fourth-order valence-corrected chi connectivity index (χ4v) is 3.80. The Balaban J connectivity index is 1.56. The minimum Gasteiger partial charge on any atom is -0.493 e. The van der Waals surface area contributed by atoms with Gasteiger partial charge in [0.25, 0.3) is 0 Å². The van der Waals surface area contributed by atoms with Crippen LogP contribution in [-0.4, -0.2) is 39.4 Å². The van der Waals surface area contributed by atoms with E-state index in [1.54, 1.807) is 26.4 Å². The Labute approximate surface area is 182 Å². The van der Waals surface area contributed by atoms with E-state index in [9.17, 15) is 4.79 Å². The second-order valence-electron chi connectivity index (χ2n) is 8.56. The van der Waals surface area contributed by atoms with Gasteiger partial charge in [0, 0.05) is 24.0 Å². The molecule has 1 aromatic carbocycles. The molecule has 0 bridgehead atoms. The summed E-state index contributed by atoms with van der Waals surface area (Å²) in [5, 5.41) is 4.86. The number of hydrogen-bond acceptors (Lipinski definition) is 4. The lowest BCUT2D eigenvalue weighted by Crippen LogP contribution is -2.29. The van der Waals surface area contributed by atoms with Gasteiger partial charge in [-0.25, -0.2) is 4.68 Å². The zero-order valence-corrected chi connectivity index (χ0v) is 18.6. The minimum atomic E-state index is -0.161. The van der Waals surface area contributed by atoms with Gasteiger partial charge in [-0.2, -0.15) is 5.10 Å². The number of nitrogens with zero attached hydrogens (tertiary/aromatic N) is 4. The predicted molar refractivity (Wildman–Crippen MR) is 119 cm³/mol. The standard InChI is InChI=1S/C24H28N4O3/c1-24(2,3)28-23(26-12-6-7-13-26)18-15-27(16-19(18)25-28)22(29)11-9-17-8-10-20(30-4)21(14-17)31-5/h6-14H,15-16H2,1-5H3. The van der Waals surface area contributed by atoms with Crippen LogP contribution in [-0.2, 0) is 23.4 Å². The molecular weight excluding hydrogens is 392 g/mol. The number of fused-ring (bicyclic) bond motifs is 1. The van der Waals surface area contributed by atoms with E-state index in [1.807, 2.05) is 47.6 Å². The fourth-order valence-electron chi connectivity index (χ4n) is 3.80. The van der Waals surface area contributed by atoms with E-state index in [-0.39, 0.29) is 11.4 Å². The summed E-state index contributed by atoms with van der Waals surface area (Å²) in [6, 6.07) is 9.56. The smallest absolute Gasteiger partial charge is 0.247 e. The Hall–Kier alpha value is -3.48. The van der Waals surface area contributed by atoms with E-state index < -0.39 is 0 Å². The molecule has 0 unspecified atom stereocenters. The van der Waals surface area contributed by atoms with Gasteiger partial charge in [0.2, 0.25) is 5.91 Å². The van der Waals surface area contributed by atoms with Crippen LogP contribution in [0.3, 0.4) is 0 Å². The quantitative estimate of drug-likeness (QED) is 0.586. The molecule has 2 aromatic heterocycles. The highest BCUT2D eigenvalue weighted by molar-refractivity contribution is 5.92. The molecule has 0 radical (unpaired) electrons. The van der Waals surface area contributed by atoms with Gasteiger partial charge < -0.3 is 18.9 Å². The summed E-state index contributed by atoms with van der Waals surface area (Å²) >= 11 is 0. The average molecular weight is 421 g/mol. The third kappa shape index (κ3) is 3.95. The second-order valence-corrected chi connectivity index (χ2v) is 8.56. The van der Waals surface area contributed by atoms with Crippen LogP contribution in [0.2, 0.25) is 0 Å². The van der Waals surface area contributed by atoms with Crippen molar-refractivity contribution in [1.29, 1.82) is 0 Å². The Morgan fingerprint density at radius 2 is 1.77 bits per heavy atom. The molecule has 0 aliphatic carbocycles. The Morgan fingerprint density at radius 1 is 1.06 bits per heavy atom. The SMILES string of the molecule is COc1ccc(C=CC(=O)N2Cc3nn(C(C)(C)C)c(-n4cccc4)c3C2)cc1OC. The largest absolute Gasteiger partial charge is 0.493 e. The summed E-state index contributed by atoms with van der Waals surface area (Å²) in [5.41, 5.74) is 2.76. The molecule has 0 atom stereocenters. The van der Waals surface area contributed by atoms with Crippen molar-refractivity contribution in [3.63, 3.8) is 0 Å². The number of hydrogen-bond donors (Lipinski definition) is 0. The number of rotatable bonds is 5. The molecule has 0 saturated heterocycles. The van der Waals surface area contributed by atoms with Crippen molar-refractivity contribution in [3.8, 4) is 17.3 Å². The first-order valence-electron chi connectivity index (χ1n) is 10.3. The number of aromatic nitrogens is 3. The molecule has 1 aliphatic heterocycles. The van der Waals surface area contributed by atoms with Crippen molar-refractivity contribution in [3.05, 3.63) is 65.6 Å². The molecular formula is C24H28N4O3. The maximum atomic E-state index is 12.9. The summed E-state index contributed by atoms with van der Waals surface area (Å²) in [4.78, 5) is 14.7. The van der Waals surface area contributed by atoms with Gasteiger partial charge in [-0.15, -0.1) is 0 Å². The minimum absolute atomic E-state index is 0.0476. The van der Waals surface area contributed by atoms with Gasteiger partial charge in [-0.1, -0.05) is 6.07 Å². The summed E-state index contributed by atoms with van der Waals surface area (Å²) in [6.45, 7) is 7.45. The first-order chi connectivity index (χ1) is 14.8. The molecule has 1 amide bonds. The highest BCUT2D eigenvalue weighted by atomic mass is 16.5. The van der Waals surface area contributed by atoms with Crippen molar-refractivity contribution < 1.29 is 14.3 Å². The molecule has 7 nitrogen and oxygen atoms in total. The molecule has 7 heteroatoms. The van der Waals surface area contributed by atoms with Gasteiger partial charge in [0.05, 0.1) is 38.5 Å². The van der Waals surface area contributed by atoms with Crippen molar-refractivity contribution >= 4 is 12.0 Å². The van der Waals surface area contributed by atoms with Gasteiger partial charge in [0.1, 0.15) is 5.82 Å². The molecule has 162 valence electrons. The lowest BCUT2D eigenvalue weighted by atomic mass is 10.1. The van der Waals surface area contributed by atoms with Crippen LogP contribution in [0.15, 0.2) is 48.8 Å². The Morgan fingerprint density at radius 3 is 2.42 bits per heavy atom. The highest BCUT2D eigenvalue weighted by Gasteiger charge is 2.33. The lowest BCUT2D eigenvalue weighted by molar-refractivity contribution is -0.126. The van der Waals surface area contributed by atoms with Crippen LogP contribution in [0, 0.1) is 0 Å². The van der Waals surface area contributed by atoms with Gasteiger partial charge in [-0.3, -0.25) is 4.79 Å². The third-order valence-electron chi connectivity index (χ3n) is 5.35. The van der Waals surface area contributed by atoms with Gasteiger partial charge >= 0.3 is 0 Å². The molecule has 0 fully saturated rings. The molecule has 0 saturated carbocycles. The molecule has 4 rings (SSSR count). The van der Waals surface area contributed by atoms with Crippen molar-refractivity contribution in [1.82, 2.24) is 19.2 Å². The Bertz CT molecular complexity index is 1120. The number of methoxy groups -OCH3 is 2. The summed E-state index contributed by atoms with van der Waals surface area (Å²) in [5.74, 6) is 2.26. The predicted octanol–water partition coefficient (Wildman–Crippen LogP) is 4.00. The van der Waals surface area contributed by atoms with Crippen LogP contribution >= 0.6 is 0 Å². The molecule has 31 heavy (non-hydrogen) atoms. The van der Waals surface area contributed by atoms with Gasteiger partial charge in [0.15, 0.2) is 11.5 Å². The normalized spacial score (nSPS) is 13.6. The molecule has 1 aliphatic rings. The van der Waals surface area contributed by atoms with Crippen LogP contribution in [0.25, 0.3) is 11.9 Å². The third-order valence-corrected chi connectivity index (χ3v) is 5.35. The van der Waals surface area contributed by atoms with Crippen LogP contribution in [0.1, 0.15) is 37.6 Å². The fraction of sp³-hybridized carbons (Fsp3) is 0.333. The van der Waals surface area contributed by atoms with Crippen molar-refractivity contribution in [2.45, 2.75) is 39.4 Å². The number of amides is 1.